The minimum atomic E-state index is 0.493. The molecule has 0 spiro atoms. The smallest absolute Gasteiger partial charge is 0.214 e. The third-order valence-corrected chi connectivity index (χ3v) is 3.45. The molecule has 2 heterocycles. The molecule has 0 unspecified atom stereocenters. The van der Waals surface area contributed by atoms with Crippen molar-refractivity contribution in [1.29, 1.82) is 0 Å². The molecule has 0 atom stereocenters. The van der Waals surface area contributed by atoms with E-state index in [0.29, 0.717) is 12.4 Å². The molecule has 0 bridgehead atoms. The fourth-order valence-electron chi connectivity index (χ4n) is 1.69. The molecule has 0 aliphatic rings. The summed E-state index contributed by atoms with van der Waals surface area (Å²) in [6.45, 7) is 2.64. The molecule has 0 fully saturated rings. The van der Waals surface area contributed by atoms with Crippen LogP contribution in [0.3, 0.4) is 0 Å². The third kappa shape index (κ3) is 1.91. The van der Waals surface area contributed by atoms with E-state index < -0.39 is 0 Å². The second kappa shape index (κ2) is 4.30. The van der Waals surface area contributed by atoms with Gasteiger partial charge in [0.15, 0.2) is 0 Å². The lowest BCUT2D eigenvalue weighted by Crippen LogP contribution is -1.90. The lowest BCUT2D eigenvalue weighted by atomic mass is 10.2. The van der Waals surface area contributed by atoms with E-state index in [1.165, 1.54) is 11.3 Å². The van der Waals surface area contributed by atoms with Gasteiger partial charge in [-0.25, -0.2) is 9.50 Å². The van der Waals surface area contributed by atoms with Crippen molar-refractivity contribution >= 4 is 22.1 Å². The molecule has 18 heavy (non-hydrogen) atoms. The van der Waals surface area contributed by atoms with E-state index in [-0.39, 0.29) is 0 Å². The van der Waals surface area contributed by atoms with Crippen LogP contribution in [0.15, 0.2) is 30.5 Å². The Morgan fingerprint density at radius 1 is 1.33 bits per heavy atom. The molecular weight excluding hydrogens is 248 g/mol. The normalized spacial score (nSPS) is 10.9. The molecule has 3 rings (SSSR count). The van der Waals surface area contributed by atoms with Gasteiger partial charge in [-0.2, -0.15) is 5.10 Å². The Balaban J connectivity index is 1.95. The van der Waals surface area contributed by atoms with E-state index in [1.807, 2.05) is 31.2 Å². The lowest BCUT2D eigenvalue weighted by Gasteiger charge is -2.02. The van der Waals surface area contributed by atoms with Crippen molar-refractivity contribution < 1.29 is 4.74 Å². The van der Waals surface area contributed by atoms with Crippen molar-refractivity contribution in [3.8, 4) is 16.3 Å². The number of benzene rings is 1. The van der Waals surface area contributed by atoms with E-state index in [0.717, 1.165) is 21.3 Å². The standard InChI is InChI=1S/C12H12N4OS/c1-2-17-9-5-3-8(4-6-9)11-15-16-7-10(13)14-12(16)18-11/h3-7H,2,13H2,1H3. The topological polar surface area (TPSA) is 65.4 Å². The predicted octanol–water partition coefficient (Wildman–Crippen LogP) is 2.44. The zero-order valence-corrected chi connectivity index (χ0v) is 10.6. The van der Waals surface area contributed by atoms with Gasteiger partial charge in [0.2, 0.25) is 4.96 Å². The van der Waals surface area contributed by atoms with Crippen molar-refractivity contribution in [3.05, 3.63) is 30.5 Å². The van der Waals surface area contributed by atoms with E-state index in [9.17, 15) is 0 Å². The van der Waals surface area contributed by atoms with E-state index in [2.05, 4.69) is 10.1 Å². The number of anilines is 1. The molecule has 0 aliphatic carbocycles. The van der Waals surface area contributed by atoms with Crippen LogP contribution in [0.5, 0.6) is 5.75 Å². The maximum Gasteiger partial charge on any atom is 0.214 e. The number of hydrogen-bond donors (Lipinski definition) is 1. The first-order valence-electron chi connectivity index (χ1n) is 5.61. The minimum Gasteiger partial charge on any atom is -0.494 e. The Kier molecular flexibility index (Phi) is 2.64. The highest BCUT2D eigenvalue weighted by atomic mass is 32.1. The Morgan fingerprint density at radius 2 is 2.11 bits per heavy atom. The highest BCUT2D eigenvalue weighted by Gasteiger charge is 2.08. The van der Waals surface area contributed by atoms with Crippen LogP contribution in [-0.4, -0.2) is 21.2 Å². The van der Waals surface area contributed by atoms with Crippen molar-refractivity contribution in [2.24, 2.45) is 0 Å². The lowest BCUT2D eigenvalue weighted by molar-refractivity contribution is 0.340. The average Bonchev–Trinajstić information content (AvgIpc) is 2.87. The summed E-state index contributed by atoms with van der Waals surface area (Å²) in [6.07, 6.45) is 1.71. The van der Waals surface area contributed by atoms with Crippen molar-refractivity contribution in [1.82, 2.24) is 14.6 Å². The fraction of sp³-hybridized carbons (Fsp3) is 0.167. The van der Waals surface area contributed by atoms with Gasteiger partial charge in [0.05, 0.1) is 12.8 Å². The summed E-state index contributed by atoms with van der Waals surface area (Å²) in [6, 6.07) is 7.87. The Hall–Kier alpha value is -2.08. The number of ether oxygens (including phenoxy) is 1. The number of nitrogens with zero attached hydrogens (tertiary/aromatic N) is 3. The first-order valence-corrected chi connectivity index (χ1v) is 6.43. The SMILES string of the molecule is CCOc1ccc(-c2nn3cc(N)nc3s2)cc1. The van der Waals surface area contributed by atoms with E-state index >= 15 is 0 Å². The van der Waals surface area contributed by atoms with Crippen molar-refractivity contribution in [3.63, 3.8) is 0 Å². The van der Waals surface area contributed by atoms with Crippen LogP contribution < -0.4 is 10.5 Å². The summed E-state index contributed by atoms with van der Waals surface area (Å²) in [5.74, 6) is 1.36. The van der Waals surface area contributed by atoms with Gasteiger partial charge < -0.3 is 10.5 Å². The maximum atomic E-state index is 5.60. The molecule has 1 aromatic carbocycles. The number of nitrogens with two attached hydrogens (primary N) is 1. The van der Waals surface area contributed by atoms with E-state index in [1.54, 1.807) is 10.7 Å². The molecule has 3 aromatic rings. The first kappa shape index (κ1) is 11.0. The zero-order valence-electron chi connectivity index (χ0n) is 9.83. The van der Waals surface area contributed by atoms with Crippen LogP contribution >= 0.6 is 11.3 Å². The van der Waals surface area contributed by atoms with Gasteiger partial charge in [-0.3, -0.25) is 0 Å². The van der Waals surface area contributed by atoms with Crippen molar-refractivity contribution in [2.75, 3.05) is 12.3 Å². The summed E-state index contributed by atoms with van der Waals surface area (Å²) in [5, 5.41) is 5.35. The summed E-state index contributed by atoms with van der Waals surface area (Å²) < 4.78 is 7.11. The van der Waals surface area contributed by atoms with Gasteiger partial charge >= 0.3 is 0 Å². The molecule has 5 nitrogen and oxygen atoms in total. The molecule has 0 saturated heterocycles. The van der Waals surface area contributed by atoms with Crippen LogP contribution in [0.1, 0.15) is 6.92 Å². The number of hydrogen-bond acceptors (Lipinski definition) is 5. The minimum absolute atomic E-state index is 0.493. The van der Waals surface area contributed by atoms with Gasteiger partial charge in [-0.1, -0.05) is 11.3 Å². The molecule has 0 amide bonds. The van der Waals surface area contributed by atoms with E-state index in [4.69, 9.17) is 10.5 Å². The number of rotatable bonds is 3. The van der Waals surface area contributed by atoms with Crippen molar-refractivity contribution in [2.45, 2.75) is 6.92 Å². The highest BCUT2D eigenvalue weighted by Crippen LogP contribution is 2.27. The molecule has 2 N–H and O–H groups in total. The Labute approximate surface area is 108 Å². The fourth-order valence-corrected chi connectivity index (χ4v) is 2.59. The van der Waals surface area contributed by atoms with Crippen LogP contribution in [0.4, 0.5) is 5.82 Å². The third-order valence-electron chi connectivity index (χ3n) is 2.47. The average molecular weight is 260 g/mol. The summed E-state index contributed by atoms with van der Waals surface area (Å²) in [7, 11) is 0. The van der Waals surface area contributed by atoms with Gasteiger partial charge in [0.1, 0.15) is 16.6 Å². The van der Waals surface area contributed by atoms with Crippen LogP contribution in [0.25, 0.3) is 15.5 Å². The van der Waals surface area contributed by atoms with Gasteiger partial charge in [-0.15, -0.1) is 0 Å². The van der Waals surface area contributed by atoms with Gasteiger partial charge in [0, 0.05) is 5.56 Å². The predicted molar refractivity (Wildman–Crippen MR) is 71.9 cm³/mol. The molecule has 92 valence electrons. The zero-order chi connectivity index (χ0) is 12.5. The molecule has 0 saturated carbocycles. The molecule has 2 aromatic heterocycles. The molecule has 0 aliphatic heterocycles. The van der Waals surface area contributed by atoms with Crippen LogP contribution in [0, 0.1) is 0 Å². The second-order valence-electron chi connectivity index (χ2n) is 3.76. The molecule has 0 radical (unpaired) electrons. The summed E-state index contributed by atoms with van der Waals surface area (Å²) in [5.41, 5.74) is 6.64. The maximum absolute atomic E-state index is 5.60. The number of fused-ring (bicyclic) bond motifs is 1. The summed E-state index contributed by atoms with van der Waals surface area (Å²) in [4.78, 5) is 4.98. The van der Waals surface area contributed by atoms with Gasteiger partial charge in [-0.05, 0) is 31.2 Å². The Morgan fingerprint density at radius 3 is 2.78 bits per heavy atom. The Bertz CT molecular complexity index is 640. The quantitative estimate of drug-likeness (QED) is 0.785. The molecular formula is C12H12N4OS. The monoisotopic (exact) mass is 260 g/mol. The van der Waals surface area contributed by atoms with Crippen LogP contribution in [-0.2, 0) is 0 Å². The number of aromatic nitrogens is 3. The van der Waals surface area contributed by atoms with Crippen LogP contribution in [0.2, 0.25) is 0 Å². The van der Waals surface area contributed by atoms with Gasteiger partial charge in [0.25, 0.3) is 0 Å². The second-order valence-corrected chi connectivity index (χ2v) is 4.71. The number of nitrogen functional groups attached to an aromatic ring is 1. The summed E-state index contributed by atoms with van der Waals surface area (Å²) >= 11 is 1.51. The largest absolute Gasteiger partial charge is 0.494 e. The molecule has 6 heteroatoms. The first-order chi connectivity index (χ1) is 8.76. The highest BCUT2D eigenvalue weighted by molar-refractivity contribution is 7.19. The number of imidazole rings is 1.